The van der Waals surface area contributed by atoms with Crippen LogP contribution >= 0.6 is 35.1 Å². The zero-order valence-corrected chi connectivity index (χ0v) is 72.5. The van der Waals surface area contributed by atoms with Crippen LogP contribution in [0.25, 0.3) is 88.1 Å². The molecule has 18 heteroatoms. The lowest BCUT2D eigenvalue weighted by Gasteiger charge is -2.26. The van der Waals surface area contributed by atoms with Gasteiger partial charge in [0.15, 0.2) is 0 Å². The number of halogens is 1. The molecule has 0 radical (unpaired) electrons. The van der Waals surface area contributed by atoms with Crippen molar-refractivity contribution in [1.82, 2.24) is 0 Å². The molecule has 0 aliphatic carbocycles. The van der Waals surface area contributed by atoms with E-state index in [-0.39, 0.29) is 40.6 Å². The van der Waals surface area contributed by atoms with Crippen LogP contribution in [-0.4, -0.2) is 38.7 Å². The van der Waals surface area contributed by atoms with Crippen molar-refractivity contribution in [1.29, 1.82) is 0 Å². The first kappa shape index (κ1) is 84.0. The molecular weight excluding hydrogens is 1470 g/mol. The van der Waals surface area contributed by atoms with Gasteiger partial charge in [0.25, 0.3) is 0 Å². The minimum Gasteiger partial charge on any atom is -0.507 e. The third-order valence-electron chi connectivity index (χ3n) is 19.8. The van der Waals surface area contributed by atoms with Crippen LogP contribution in [0.5, 0.6) is 46.0 Å². The maximum absolute atomic E-state index is 11.0. The van der Waals surface area contributed by atoms with E-state index in [9.17, 15) is 10.2 Å². The molecule has 0 aliphatic rings. The molecule has 0 bridgehead atoms. The summed E-state index contributed by atoms with van der Waals surface area (Å²) in [5.41, 5.74) is 22.4. The fourth-order valence-electron chi connectivity index (χ4n) is 14.5. The lowest BCUT2D eigenvalue weighted by Crippen LogP contribution is -2.13. The second-order valence-corrected chi connectivity index (χ2v) is 37.0. The number of phenolic OH excluding ortho intramolecular Hbond substituents is 2. The Labute approximate surface area is 662 Å². The molecule has 111 heavy (non-hydrogen) atoms. The fraction of sp³-hybridized carbons (Fsp3) is 0.355. The number of hydrogen-bond donors (Lipinski definition) is 2. The maximum atomic E-state index is 11.0. The van der Waals surface area contributed by atoms with Crippen molar-refractivity contribution in [2.45, 2.75) is 195 Å². The van der Waals surface area contributed by atoms with E-state index in [4.69, 9.17) is 64.4 Å². The summed E-state index contributed by atoms with van der Waals surface area (Å²) in [6.45, 7) is 50.1. The van der Waals surface area contributed by atoms with E-state index in [1.807, 2.05) is 91.8 Å². The van der Waals surface area contributed by atoms with Crippen molar-refractivity contribution >= 4 is 101 Å². The van der Waals surface area contributed by atoms with Crippen LogP contribution in [-0.2, 0) is 21.7 Å². The van der Waals surface area contributed by atoms with Crippen LogP contribution in [0, 0.1) is 83.1 Å². The highest BCUT2D eigenvalue weighted by atomic mass is 35.7. The van der Waals surface area contributed by atoms with Gasteiger partial charge in [-0.1, -0.05) is 127 Å². The predicted octanol–water partition coefficient (Wildman–Crippen LogP) is 29.9. The SMILES string of the molecule is C.COc1cc(-c2cc(OC)cc(C(C)(C)C)c2O)c(O)c(C(C)(C)C)c1.COc1cc(C(C)(C)C)c2op(Oc3c(C)cc(C)cc3-c3cc(C)cc(C)c3Op3oc4c(C)cc(C)cc4c4cc(C)cc(C)c4o3)oc3c(C(C)(C)C)cc(OC)cc3c2c1.Cc1cc(C)c2op(Cl)oc3c(C)cc(C)cc3c2c1. The van der Waals surface area contributed by atoms with Gasteiger partial charge in [-0.25, -0.2) is 0 Å². The van der Waals surface area contributed by atoms with Gasteiger partial charge in [-0.15, -0.1) is 0 Å². The summed E-state index contributed by atoms with van der Waals surface area (Å²) in [6.07, 6.45) is 0. The first-order valence-corrected chi connectivity index (χ1v) is 41.2. The van der Waals surface area contributed by atoms with Crippen LogP contribution in [0.4, 0.5) is 0 Å². The molecule has 0 spiro atoms. The van der Waals surface area contributed by atoms with Gasteiger partial charge in [-0.2, -0.15) is 0 Å². The van der Waals surface area contributed by atoms with Crippen molar-refractivity contribution in [2.75, 3.05) is 28.4 Å². The molecule has 0 fully saturated rings. The average Bonchev–Trinajstić information content (AvgIpc) is 1.76. The molecule has 0 unspecified atom stereocenters. The van der Waals surface area contributed by atoms with Gasteiger partial charge in [-0.05, 0) is 256 Å². The molecule has 0 saturated carbocycles. The number of aryl methyl sites for hydroxylation is 12. The highest BCUT2D eigenvalue weighted by molar-refractivity contribution is 7.68. The summed E-state index contributed by atoms with van der Waals surface area (Å²) >= 11 is 6.22. The molecule has 0 amide bonds. The number of rotatable bonds is 10. The summed E-state index contributed by atoms with van der Waals surface area (Å²) in [5.74, 6) is 4.23. The highest BCUT2D eigenvalue weighted by Gasteiger charge is 2.31. The van der Waals surface area contributed by atoms with Crippen molar-refractivity contribution in [3.8, 4) is 68.2 Å². The zero-order valence-electron chi connectivity index (χ0n) is 69.1. The van der Waals surface area contributed by atoms with E-state index < -0.39 is 23.8 Å². The second-order valence-electron chi connectivity index (χ2n) is 33.4. The molecule has 588 valence electrons. The Bertz CT molecular complexity index is 5620. The van der Waals surface area contributed by atoms with Crippen molar-refractivity contribution in [3.05, 3.63) is 210 Å². The van der Waals surface area contributed by atoms with Crippen molar-refractivity contribution in [3.63, 3.8) is 0 Å². The lowest BCUT2D eigenvalue weighted by molar-refractivity contribution is 0.403. The summed E-state index contributed by atoms with van der Waals surface area (Å²) in [7, 11) is 0.993. The maximum Gasteiger partial charge on any atom is 0.453 e. The van der Waals surface area contributed by atoms with Gasteiger partial charge in [-0.3, -0.25) is 0 Å². The molecule has 14 nitrogen and oxygen atoms in total. The number of methoxy groups -OCH3 is 4. The van der Waals surface area contributed by atoms with Crippen molar-refractivity contribution < 1.29 is 63.4 Å². The van der Waals surface area contributed by atoms with Crippen LogP contribution in [0.15, 0.2) is 147 Å². The molecule has 0 aliphatic heterocycles. The first-order chi connectivity index (χ1) is 51.5. The monoisotopic (exact) mass is 1580 g/mol. The predicted molar refractivity (Wildman–Crippen MR) is 464 cm³/mol. The largest absolute Gasteiger partial charge is 0.507 e. The highest BCUT2D eigenvalue weighted by Crippen LogP contribution is 2.53. The van der Waals surface area contributed by atoms with E-state index in [1.165, 1.54) is 11.1 Å². The second kappa shape index (κ2) is 32.4. The van der Waals surface area contributed by atoms with Gasteiger partial charge in [0.05, 0.1) is 28.4 Å². The number of benzene rings is 10. The van der Waals surface area contributed by atoms with Crippen LogP contribution in [0.3, 0.4) is 0 Å². The zero-order chi connectivity index (χ0) is 80.5. The fourth-order valence-corrected chi connectivity index (χ4v) is 18.2. The van der Waals surface area contributed by atoms with E-state index in [1.54, 1.807) is 40.6 Å². The van der Waals surface area contributed by atoms with Gasteiger partial charge in [0.2, 0.25) is 0 Å². The lowest BCUT2D eigenvalue weighted by atomic mass is 9.81. The van der Waals surface area contributed by atoms with E-state index in [0.717, 1.165) is 155 Å². The third-order valence-corrected chi connectivity index (χ3v) is 22.8. The molecule has 10 aromatic carbocycles. The van der Waals surface area contributed by atoms with Crippen LogP contribution in [0.2, 0.25) is 0 Å². The molecule has 13 rings (SSSR count). The topological polar surface area (TPSA) is 175 Å². The summed E-state index contributed by atoms with van der Waals surface area (Å²) in [4.78, 5) is 0. The third kappa shape index (κ3) is 17.8. The van der Waals surface area contributed by atoms with Crippen LogP contribution in [0.1, 0.15) is 180 Å². The Morgan fingerprint density at radius 3 is 0.793 bits per heavy atom. The van der Waals surface area contributed by atoms with E-state index in [0.29, 0.717) is 45.3 Å². The Balaban J connectivity index is 0.000000226. The standard InChI is InChI=1S/C54H60O8P2.C22H30O4.C16H16ClO2P.CH4/c1-29-17-33(5)47-39(21-29)40-22-30(2)18-34(6)48(40)58-63(57-47)59-49-35(7)19-31(3)23-41(49)42-24-32(4)20-36(8)50(42)60-64-61-51-43(25-37(55-15)27-45(51)53(9,10)11)44-26-38(56-16)28-46(52(44)62-64)54(12,13)14;1-21(2,3)17-11-13(25-7)9-15(19(17)23)16-10-14(26-8)12-18(20(16)24)22(4,5)6;1-9-5-11(3)15-13(7-9)14-8-10(2)6-12(4)16(14)19-20(17)18-15;/h17-28H,1-16H3;9-12,23-24H,1-8H3;5-8H,1-4H3;1H4. The summed E-state index contributed by atoms with van der Waals surface area (Å²) < 4.78 is 76.4. The molecule has 3 heterocycles. The molecule has 3 aromatic heterocycles. The molecular formula is C93H110ClO14P3. The molecule has 0 atom stereocenters. The first-order valence-electron chi connectivity index (χ1n) is 37.0. The van der Waals surface area contributed by atoms with Gasteiger partial charge < -0.3 is 63.4 Å². The van der Waals surface area contributed by atoms with Gasteiger partial charge >= 0.3 is 23.8 Å². The Morgan fingerprint density at radius 1 is 0.279 bits per heavy atom. The van der Waals surface area contributed by atoms with E-state index >= 15 is 0 Å². The Hall–Kier alpha value is -9.41. The number of aromatic hydroxyl groups is 2. The average molecular weight is 1580 g/mol. The number of fused-ring (bicyclic) bond motifs is 9. The Morgan fingerprint density at radius 2 is 0.514 bits per heavy atom. The minimum absolute atomic E-state index is 0. The molecule has 0 saturated heterocycles. The normalized spacial score (nSPS) is 11.8. The minimum atomic E-state index is -2.12. The number of ether oxygens (including phenoxy) is 4. The quantitative estimate of drug-likeness (QED) is 0.132. The number of phenols is 2. The summed E-state index contributed by atoms with van der Waals surface area (Å²) in [6, 6.07) is 40.9. The smallest absolute Gasteiger partial charge is 0.453 e. The van der Waals surface area contributed by atoms with Crippen molar-refractivity contribution in [2.24, 2.45) is 0 Å². The Kier molecular flexibility index (Phi) is 24.5. The number of hydrogen-bond acceptors (Lipinski definition) is 14. The molecule has 13 aromatic rings. The van der Waals surface area contributed by atoms with Gasteiger partial charge in [0.1, 0.15) is 79.5 Å². The van der Waals surface area contributed by atoms with Gasteiger partial charge in [0, 0.05) is 88.1 Å². The summed E-state index contributed by atoms with van der Waals surface area (Å²) in [5, 5.41) is 27.7. The van der Waals surface area contributed by atoms with E-state index in [2.05, 4.69) is 184 Å². The molecule has 2 N–H and O–H groups in total. The van der Waals surface area contributed by atoms with Crippen LogP contribution < -0.4 is 28.0 Å².